The van der Waals surface area contributed by atoms with Gasteiger partial charge in [0.1, 0.15) is 18.1 Å². The molecule has 6 nitrogen and oxygen atoms in total. The molecule has 0 bridgehead atoms. The van der Waals surface area contributed by atoms with E-state index in [9.17, 15) is 8.78 Å². The van der Waals surface area contributed by atoms with Crippen LogP contribution in [0.2, 0.25) is 0 Å². The molecule has 150 valence electrons. The molecule has 0 saturated heterocycles. The van der Waals surface area contributed by atoms with E-state index in [0.29, 0.717) is 32.3 Å². The molecule has 0 radical (unpaired) electrons. The Bertz CT molecular complexity index is 670. The number of guanidine groups is 1. The quantitative estimate of drug-likeness (QED) is 0.228. The van der Waals surface area contributed by atoms with Crippen molar-refractivity contribution >= 4 is 29.9 Å². The van der Waals surface area contributed by atoms with Crippen LogP contribution in [0, 0.1) is 0 Å². The Morgan fingerprint density at radius 2 is 2.07 bits per heavy atom. The van der Waals surface area contributed by atoms with Crippen LogP contribution < -0.4 is 15.4 Å². The third kappa shape index (κ3) is 9.57. The Balaban J connectivity index is 0.00000364. The minimum atomic E-state index is -2.83. The number of nitrogens with zero attached hydrogens (tertiary/aromatic N) is 1. The van der Waals surface area contributed by atoms with Crippen LogP contribution in [-0.4, -0.2) is 32.8 Å². The smallest absolute Gasteiger partial charge is 0.387 e. The third-order valence-corrected chi connectivity index (χ3v) is 3.39. The van der Waals surface area contributed by atoms with E-state index in [4.69, 9.17) is 9.15 Å². The van der Waals surface area contributed by atoms with Crippen molar-refractivity contribution in [1.82, 2.24) is 10.6 Å². The number of furan rings is 1. The molecule has 0 aliphatic heterocycles. The molecule has 27 heavy (non-hydrogen) atoms. The van der Waals surface area contributed by atoms with E-state index in [0.717, 1.165) is 17.7 Å². The van der Waals surface area contributed by atoms with Gasteiger partial charge in [0.25, 0.3) is 0 Å². The minimum absolute atomic E-state index is 0. The van der Waals surface area contributed by atoms with Gasteiger partial charge >= 0.3 is 6.61 Å². The van der Waals surface area contributed by atoms with Crippen LogP contribution in [0.3, 0.4) is 0 Å². The minimum Gasteiger partial charge on any atom is -0.467 e. The molecule has 0 atom stereocenters. The van der Waals surface area contributed by atoms with Gasteiger partial charge in [-0.05, 0) is 36.2 Å². The van der Waals surface area contributed by atoms with Gasteiger partial charge in [0.05, 0.1) is 6.26 Å². The van der Waals surface area contributed by atoms with E-state index >= 15 is 0 Å². The zero-order chi connectivity index (χ0) is 18.6. The summed E-state index contributed by atoms with van der Waals surface area (Å²) in [7, 11) is 1.67. The van der Waals surface area contributed by atoms with Gasteiger partial charge in [-0.15, -0.1) is 24.0 Å². The Kier molecular flexibility index (Phi) is 11.4. The maximum absolute atomic E-state index is 12.2. The first kappa shape index (κ1) is 23.2. The molecule has 0 unspecified atom stereocenters. The molecule has 0 saturated carbocycles. The number of aliphatic imine (C=N–C) groups is 1. The molecule has 1 heterocycles. The molecule has 9 heteroatoms. The summed E-state index contributed by atoms with van der Waals surface area (Å²) in [6, 6.07) is 10.2. The number of alkyl halides is 2. The van der Waals surface area contributed by atoms with Crippen LogP contribution in [0.25, 0.3) is 0 Å². The van der Waals surface area contributed by atoms with Gasteiger partial charge in [-0.25, -0.2) is 0 Å². The molecule has 2 N–H and O–H groups in total. The average Bonchev–Trinajstić information content (AvgIpc) is 3.13. The number of ether oxygens (including phenoxy) is 2. The van der Waals surface area contributed by atoms with Crippen LogP contribution in [0.1, 0.15) is 17.7 Å². The van der Waals surface area contributed by atoms with Gasteiger partial charge in [-0.3, -0.25) is 4.99 Å². The van der Waals surface area contributed by atoms with Gasteiger partial charge in [-0.1, -0.05) is 12.1 Å². The molecular weight excluding hydrogens is 471 g/mol. The molecule has 2 rings (SSSR count). The zero-order valence-electron chi connectivity index (χ0n) is 15.0. The van der Waals surface area contributed by atoms with Crippen molar-refractivity contribution in [3.05, 3.63) is 54.0 Å². The number of hydrogen-bond donors (Lipinski definition) is 2. The number of halogens is 3. The molecule has 0 spiro atoms. The summed E-state index contributed by atoms with van der Waals surface area (Å²) in [5, 5.41) is 6.28. The molecule has 0 aliphatic rings. The molecule has 1 aromatic heterocycles. The van der Waals surface area contributed by atoms with Crippen LogP contribution in [0.4, 0.5) is 8.78 Å². The van der Waals surface area contributed by atoms with Crippen molar-refractivity contribution in [2.45, 2.75) is 26.2 Å². The Labute approximate surface area is 174 Å². The second-order valence-electron chi connectivity index (χ2n) is 5.36. The third-order valence-electron chi connectivity index (χ3n) is 3.39. The fourth-order valence-corrected chi connectivity index (χ4v) is 2.19. The van der Waals surface area contributed by atoms with E-state index in [1.165, 1.54) is 6.07 Å². The SMILES string of the molecule is CN=C(NCCCOCc1ccco1)NCc1cccc(OC(F)F)c1.I. The second kappa shape index (κ2) is 13.3. The van der Waals surface area contributed by atoms with Crippen molar-refractivity contribution in [3.8, 4) is 5.75 Å². The molecule has 1 aromatic carbocycles. The largest absolute Gasteiger partial charge is 0.467 e. The van der Waals surface area contributed by atoms with E-state index in [2.05, 4.69) is 20.4 Å². The molecular formula is C18H24F2IN3O3. The number of nitrogens with one attached hydrogen (secondary N) is 2. The van der Waals surface area contributed by atoms with Crippen molar-refractivity contribution in [2.24, 2.45) is 4.99 Å². The van der Waals surface area contributed by atoms with Gasteiger partial charge in [0.15, 0.2) is 5.96 Å². The Hall–Kier alpha value is -1.88. The van der Waals surface area contributed by atoms with Gasteiger partial charge in [0, 0.05) is 26.7 Å². The van der Waals surface area contributed by atoms with E-state index < -0.39 is 6.61 Å². The lowest BCUT2D eigenvalue weighted by Crippen LogP contribution is -2.37. The Morgan fingerprint density at radius 3 is 2.78 bits per heavy atom. The highest BCUT2D eigenvalue weighted by molar-refractivity contribution is 14.0. The normalized spacial score (nSPS) is 11.2. The first-order valence-corrected chi connectivity index (χ1v) is 8.26. The van der Waals surface area contributed by atoms with Crippen molar-refractivity contribution in [3.63, 3.8) is 0 Å². The van der Waals surface area contributed by atoms with Crippen molar-refractivity contribution in [1.29, 1.82) is 0 Å². The summed E-state index contributed by atoms with van der Waals surface area (Å²) in [6.07, 6.45) is 2.42. The zero-order valence-corrected chi connectivity index (χ0v) is 17.3. The first-order valence-electron chi connectivity index (χ1n) is 8.26. The van der Waals surface area contributed by atoms with Crippen molar-refractivity contribution < 1.29 is 22.7 Å². The maximum Gasteiger partial charge on any atom is 0.387 e. The summed E-state index contributed by atoms with van der Waals surface area (Å²) in [5.41, 5.74) is 0.813. The lowest BCUT2D eigenvalue weighted by atomic mass is 10.2. The number of rotatable bonds is 10. The summed E-state index contributed by atoms with van der Waals surface area (Å²) in [4.78, 5) is 4.12. The summed E-state index contributed by atoms with van der Waals surface area (Å²) in [5.74, 6) is 1.56. The fraction of sp³-hybridized carbons (Fsp3) is 0.389. The number of benzene rings is 1. The molecule has 2 aromatic rings. The summed E-state index contributed by atoms with van der Waals surface area (Å²) >= 11 is 0. The predicted octanol–water partition coefficient (Wildman–Crippen LogP) is 3.77. The molecule has 0 amide bonds. The highest BCUT2D eigenvalue weighted by Gasteiger charge is 2.05. The predicted molar refractivity (Wildman–Crippen MR) is 110 cm³/mol. The number of hydrogen-bond acceptors (Lipinski definition) is 4. The lowest BCUT2D eigenvalue weighted by molar-refractivity contribution is -0.0498. The highest BCUT2D eigenvalue weighted by atomic mass is 127. The molecule has 0 aliphatic carbocycles. The first-order chi connectivity index (χ1) is 12.7. The van der Waals surface area contributed by atoms with Crippen LogP contribution in [0.5, 0.6) is 5.75 Å². The van der Waals surface area contributed by atoms with Gasteiger partial charge < -0.3 is 24.5 Å². The van der Waals surface area contributed by atoms with Crippen LogP contribution in [-0.2, 0) is 17.9 Å². The average molecular weight is 495 g/mol. The maximum atomic E-state index is 12.2. The Morgan fingerprint density at radius 1 is 1.22 bits per heavy atom. The van der Waals surface area contributed by atoms with Crippen LogP contribution >= 0.6 is 24.0 Å². The topological polar surface area (TPSA) is 68.0 Å². The molecule has 0 fully saturated rings. The van der Waals surface area contributed by atoms with Crippen LogP contribution in [0.15, 0.2) is 52.1 Å². The standard InChI is InChI=1S/C18H23F2N3O3.HI/c1-21-18(22-8-4-9-24-13-16-7-3-10-25-16)23-12-14-5-2-6-15(11-14)26-17(19)20;/h2-3,5-7,10-11,17H,4,8-9,12-13H2,1H3,(H2,21,22,23);1H. The van der Waals surface area contributed by atoms with Gasteiger partial charge in [0.2, 0.25) is 0 Å². The summed E-state index contributed by atoms with van der Waals surface area (Å²) < 4.78 is 39.6. The summed E-state index contributed by atoms with van der Waals surface area (Å²) in [6.45, 7) is -0.654. The fourth-order valence-electron chi connectivity index (χ4n) is 2.19. The van der Waals surface area contributed by atoms with Gasteiger partial charge in [-0.2, -0.15) is 8.78 Å². The second-order valence-corrected chi connectivity index (χ2v) is 5.36. The monoisotopic (exact) mass is 495 g/mol. The van der Waals surface area contributed by atoms with E-state index in [1.54, 1.807) is 25.4 Å². The highest BCUT2D eigenvalue weighted by Crippen LogP contribution is 2.15. The lowest BCUT2D eigenvalue weighted by Gasteiger charge is -2.12. The van der Waals surface area contributed by atoms with E-state index in [-0.39, 0.29) is 29.7 Å². The van der Waals surface area contributed by atoms with Crippen molar-refractivity contribution in [2.75, 3.05) is 20.2 Å². The van der Waals surface area contributed by atoms with E-state index in [1.807, 2.05) is 18.2 Å².